The normalized spacial score (nSPS) is 10.5. The van der Waals surface area contributed by atoms with E-state index < -0.39 is 0 Å². The highest BCUT2D eigenvalue weighted by molar-refractivity contribution is 7.99. The number of hydrogen-bond donors (Lipinski definition) is 2. The number of aromatic nitrogens is 4. The van der Waals surface area contributed by atoms with E-state index in [1.54, 1.807) is 18.1 Å². The third-order valence-electron chi connectivity index (χ3n) is 2.97. The molecule has 0 aliphatic rings. The molecular formula is C14H16ClN5S. The van der Waals surface area contributed by atoms with Gasteiger partial charge in [-0.05, 0) is 11.3 Å². The minimum atomic E-state index is 0. The Balaban J connectivity index is 0.00000161. The SMILES string of the molecule is CCSc1nc2c([nH]1)c(=N)ncn2Cc1ccccc1.Cl. The van der Waals surface area contributed by atoms with E-state index in [0.717, 1.165) is 16.6 Å². The van der Waals surface area contributed by atoms with Crippen LogP contribution in [-0.2, 0) is 6.54 Å². The van der Waals surface area contributed by atoms with Crippen molar-refractivity contribution in [3.8, 4) is 0 Å². The zero-order valence-corrected chi connectivity index (χ0v) is 13.2. The molecule has 0 fully saturated rings. The first kappa shape index (κ1) is 15.6. The van der Waals surface area contributed by atoms with Gasteiger partial charge in [0, 0.05) is 0 Å². The van der Waals surface area contributed by atoms with Gasteiger partial charge in [0.25, 0.3) is 0 Å². The Kier molecular flexibility index (Phi) is 5.03. The number of aromatic amines is 1. The highest BCUT2D eigenvalue weighted by Gasteiger charge is 2.09. The number of hydrogen-bond acceptors (Lipinski definition) is 4. The Bertz CT molecular complexity index is 781. The van der Waals surface area contributed by atoms with Crippen molar-refractivity contribution in [3.05, 3.63) is 47.7 Å². The van der Waals surface area contributed by atoms with Gasteiger partial charge in [-0.15, -0.1) is 12.4 Å². The largest absolute Gasteiger partial charge is 0.328 e. The number of thioether (sulfide) groups is 1. The summed E-state index contributed by atoms with van der Waals surface area (Å²) < 4.78 is 1.97. The number of nitrogens with zero attached hydrogens (tertiary/aromatic N) is 3. The molecule has 0 saturated heterocycles. The fourth-order valence-electron chi connectivity index (χ4n) is 2.06. The summed E-state index contributed by atoms with van der Waals surface area (Å²) in [6.07, 6.45) is 1.68. The van der Waals surface area contributed by atoms with E-state index in [-0.39, 0.29) is 17.9 Å². The minimum Gasteiger partial charge on any atom is -0.328 e. The fourth-order valence-corrected chi connectivity index (χ4v) is 2.66. The lowest BCUT2D eigenvalue weighted by Gasteiger charge is -2.06. The number of fused-ring (bicyclic) bond motifs is 1. The Hall–Kier alpha value is -1.79. The summed E-state index contributed by atoms with van der Waals surface area (Å²) in [5.41, 5.74) is 2.90. The third-order valence-corrected chi connectivity index (χ3v) is 3.73. The summed E-state index contributed by atoms with van der Waals surface area (Å²) in [4.78, 5) is 11.9. The van der Waals surface area contributed by atoms with Crippen LogP contribution in [0.1, 0.15) is 12.5 Å². The fraction of sp³-hybridized carbons (Fsp3) is 0.214. The Labute approximate surface area is 132 Å². The van der Waals surface area contributed by atoms with Crippen molar-refractivity contribution in [1.29, 1.82) is 5.41 Å². The third kappa shape index (κ3) is 3.28. The maximum Gasteiger partial charge on any atom is 0.173 e. The Morgan fingerprint density at radius 2 is 2.05 bits per heavy atom. The van der Waals surface area contributed by atoms with E-state index in [0.29, 0.717) is 12.1 Å². The first-order valence-electron chi connectivity index (χ1n) is 6.44. The number of H-pyrrole nitrogens is 1. The molecule has 0 unspecified atom stereocenters. The second-order valence-corrected chi connectivity index (χ2v) is 5.63. The van der Waals surface area contributed by atoms with Crippen molar-refractivity contribution < 1.29 is 0 Å². The molecule has 1 aromatic carbocycles. The summed E-state index contributed by atoms with van der Waals surface area (Å²) in [6, 6.07) is 10.2. The van der Waals surface area contributed by atoms with Gasteiger partial charge in [0.1, 0.15) is 5.52 Å². The van der Waals surface area contributed by atoms with Gasteiger partial charge in [0.05, 0.1) is 12.9 Å². The average Bonchev–Trinajstić information content (AvgIpc) is 2.89. The van der Waals surface area contributed by atoms with Gasteiger partial charge in [0.15, 0.2) is 16.3 Å². The van der Waals surface area contributed by atoms with Crippen molar-refractivity contribution in [1.82, 2.24) is 19.5 Å². The summed E-state index contributed by atoms with van der Waals surface area (Å²) in [5, 5.41) is 8.72. The molecule has 110 valence electrons. The van der Waals surface area contributed by atoms with Gasteiger partial charge >= 0.3 is 0 Å². The second kappa shape index (κ2) is 6.78. The Morgan fingerprint density at radius 1 is 1.29 bits per heavy atom. The van der Waals surface area contributed by atoms with Crippen LogP contribution < -0.4 is 5.49 Å². The Morgan fingerprint density at radius 3 is 2.76 bits per heavy atom. The van der Waals surface area contributed by atoms with Crippen molar-refractivity contribution >= 4 is 35.3 Å². The van der Waals surface area contributed by atoms with E-state index in [9.17, 15) is 0 Å². The molecule has 3 aromatic rings. The zero-order chi connectivity index (χ0) is 13.9. The zero-order valence-electron chi connectivity index (χ0n) is 11.5. The van der Waals surface area contributed by atoms with Crippen LogP contribution in [0.3, 0.4) is 0 Å². The van der Waals surface area contributed by atoms with Gasteiger partial charge in [-0.2, -0.15) is 0 Å². The first-order chi connectivity index (χ1) is 9.78. The van der Waals surface area contributed by atoms with Crippen LogP contribution in [0, 0.1) is 5.41 Å². The summed E-state index contributed by atoms with van der Waals surface area (Å²) >= 11 is 1.63. The molecule has 0 aliphatic carbocycles. The lowest BCUT2D eigenvalue weighted by atomic mass is 10.2. The van der Waals surface area contributed by atoms with E-state index in [4.69, 9.17) is 5.41 Å². The van der Waals surface area contributed by atoms with E-state index in [1.165, 1.54) is 5.56 Å². The van der Waals surface area contributed by atoms with Crippen molar-refractivity contribution in [3.63, 3.8) is 0 Å². The number of benzene rings is 1. The minimum absolute atomic E-state index is 0. The number of nitrogens with one attached hydrogen (secondary N) is 2. The number of halogens is 1. The van der Waals surface area contributed by atoms with E-state index in [2.05, 4.69) is 34.0 Å². The molecule has 0 atom stereocenters. The molecule has 0 radical (unpaired) electrons. The molecule has 5 nitrogen and oxygen atoms in total. The van der Waals surface area contributed by atoms with Gasteiger partial charge in [-0.1, -0.05) is 49.0 Å². The summed E-state index contributed by atoms with van der Waals surface area (Å²) in [7, 11) is 0. The number of rotatable bonds is 4. The lowest BCUT2D eigenvalue weighted by molar-refractivity contribution is 0.782. The first-order valence-corrected chi connectivity index (χ1v) is 7.43. The predicted octanol–water partition coefficient (Wildman–Crippen LogP) is 2.82. The molecule has 7 heteroatoms. The van der Waals surface area contributed by atoms with Gasteiger partial charge in [0.2, 0.25) is 0 Å². The van der Waals surface area contributed by atoms with Crippen LogP contribution in [0.25, 0.3) is 11.2 Å². The highest BCUT2D eigenvalue weighted by atomic mass is 35.5. The standard InChI is InChI=1S/C14H15N5S.ClH/c1-2-20-14-17-11-12(15)16-9-19(13(11)18-14)8-10-6-4-3-5-7-10;/h3-7,9,15H,2,8H2,1H3,(H,17,18);1H. The second-order valence-electron chi connectivity index (χ2n) is 4.38. The quantitative estimate of drug-likeness (QED) is 0.726. The molecule has 0 amide bonds. The van der Waals surface area contributed by atoms with Crippen LogP contribution in [0.5, 0.6) is 0 Å². The smallest absolute Gasteiger partial charge is 0.173 e. The predicted molar refractivity (Wildman–Crippen MR) is 86.9 cm³/mol. The topological polar surface area (TPSA) is 70.3 Å². The van der Waals surface area contributed by atoms with Crippen molar-refractivity contribution in [2.24, 2.45) is 0 Å². The summed E-state index contributed by atoms with van der Waals surface area (Å²) in [6.45, 7) is 2.78. The lowest BCUT2D eigenvalue weighted by Crippen LogP contribution is -2.13. The van der Waals surface area contributed by atoms with Gasteiger partial charge in [-0.3, -0.25) is 5.41 Å². The number of imidazole rings is 1. The maximum atomic E-state index is 7.88. The van der Waals surface area contributed by atoms with Crippen LogP contribution in [-0.4, -0.2) is 25.3 Å². The van der Waals surface area contributed by atoms with Gasteiger partial charge < -0.3 is 9.55 Å². The molecule has 0 spiro atoms. The average molecular weight is 322 g/mol. The van der Waals surface area contributed by atoms with Crippen LogP contribution in [0.15, 0.2) is 41.8 Å². The maximum absolute atomic E-state index is 7.88. The molecule has 2 N–H and O–H groups in total. The van der Waals surface area contributed by atoms with Crippen LogP contribution in [0.2, 0.25) is 0 Å². The molecule has 0 saturated carbocycles. The van der Waals surface area contributed by atoms with Crippen LogP contribution >= 0.6 is 24.2 Å². The molecule has 0 aliphatic heterocycles. The molecule has 2 aromatic heterocycles. The highest BCUT2D eigenvalue weighted by Crippen LogP contribution is 2.17. The molecular weight excluding hydrogens is 306 g/mol. The molecule has 0 bridgehead atoms. The molecule has 3 rings (SSSR count). The van der Waals surface area contributed by atoms with E-state index in [1.807, 2.05) is 22.8 Å². The monoisotopic (exact) mass is 321 g/mol. The van der Waals surface area contributed by atoms with Crippen molar-refractivity contribution in [2.75, 3.05) is 5.75 Å². The van der Waals surface area contributed by atoms with Gasteiger partial charge in [-0.25, -0.2) is 9.97 Å². The van der Waals surface area contributed by atoms with E-state index >= 15 is 0 Å². The molecule has 21 heavy (non-hydrogen) atoms. The molecule has 2 heterocycles. The summed E-state index contributed by atoms with van der Waals surface area (Å²) in [5.74, 6) is 0.944. The van der Waals surface area contributed by atoms with Crippen molar-refractivity contribution in [2.45, 2.75) is 18.6 Å². The van der Waals surface area contributed by atoms with Crippen LogP contribution in [0.4, 0.5) is 0 Å².